The van der Waals surface area contributed by atoms with Crippen LogP contribution in [-0.4, -0.2) is 15.9 Å². The van der Waals surface area contributed by atoms with Crippen molar-refractivity contribution >= 4 is 11.7 Å². The third-order valence-electron chi connectivity index (χ3n) is 2.51. The molecule has 0 saturated heterocycles. The summed E-state index contributed by atoms with van der Waals surface area (Å²) >= 11 is 0. The molecule has 0 radical (unpaired) electrons. The van der Waals surface area contributed by atoms with Crippen LogP contribution in [0, 0.1) is 6.92 Å². The molecule has 19 heavy (non-hydrogen) atoms. The van der Waals surface area contributed by atoms with E-state index in [9.17, 15) is 4.79 Å². The van der Waals surface area contributed by atoms with Crippen LogP contribution in [0.2, 0.25) is 0 Å². The molecular weight excluding hydrogens is 242 g/mol. The van der Waals surface area contributed by atoms with Gasteiger partial charge in [0.1, 0.15) is 11.5 Å². The number of amides is 1. The maximum Gasteiger partial charge on any atom is 0.270 e. The fraction of sp³-hybridized carbons (Fsp3) is 0.154. The van der Waals surface area contributed by atoms with Crippen molar-refractivity contribution in [3.05, 3.63) is 53.5 Å². The summed E-state index contributed by atoms with van der Waals surface area (Å²) in [5, 5.41) is 2.76. The van der Waals surface area contributed by atoms with Gasteiger partial charge in [0, 0.05) is 5.69 Å². The summed E-state index contributed by atoms with van der Waals surface area (Å²) in [6.07, 6.45) is 0. The highest BCUT2D eigenvalue weighted by molar-refractivity contribution is 5.92. The zero-order valence-electron chi connectivity index (χ0n) is 10.6. The van der Waals surface area contributed by atoms with E-state index >= 15 is 0 Å². The molecule has 0 aliphatic rings. The molecule has 0 aliphatic carbocycles. The molecule has 0 bridgehead atoms. The Kier molecular flexibility index (Phi) is 4.04. The normalized spacial score (nSPS) is 10.0. The maximum absolute atomic E-state index is 11.9. The van der Waals surface area contributed by atoms with Crippen molar-refractivity contribution in [2.75, 3.05) is 5.43 Å². The second-order valence-electron chi connectivity index (χ2n) is 4.01. The van der Waals surface area contributed by atoms with Crippen molar-refractivity contribution < 1.29 is 4.79 Å². The Bertz CT molecular complexity index is 585. The van der Waals surface area contributed by atoms with Crippen LogP contribution < -0.4 is 16.6 Å². The van der Waals surface area contributed by atoms with E-state index in [-0.39, 0.29) is 5.91 Å². The highest BCUT2D eigenvalue weighted by Crippen LogP contribution is 2.03. The molecule has 0 aliphatic heterocycles. The summed E-state index contributed by atoms with van der Waals surface area (Å²) in [4.78, 5) is 20.3. The molecule has 98 valence electrons. The van der Waals surface area contributed by atoms with Crippen molar-refractivity contribution in [3.63, 3.8) is 0 Å². The molecule has 0 spiro atoms. The van der Waals surface area contributed by atoms with E-state index < -0.39 is 0 Å². The number of nitrogens with two attached hydrogens (primary N) is 1. The van der Waals surface area contributed by atoms with Crippen LogP contribution in [0.1, 0.15) is 21.9 Å². The number of nitrogens with zero attached hydrogens (tertiary/aromatic N) is 2. The largest absolute Gasteiger partial charge is 0.345 e. The molecule has 2 aromatic rings. The molecule has 0 saturated carbocycles. The van der Waals surface area contributed by atoms with Crippen molar-refractivity contribution in [1.82, 2.24) is 15.3 Å². The number of hydrogen-bond donors (Lipinski definition) is 3. The monoisotopic (exact) mass is 257 g/mol. The van der Waals surface area contributed by atoms with E-state index in [4.69, 9.17) is 5.84 Å². The molecule has 6 heteroatoms. The van der Waals surface area contributed by atoms with E-state index in [2.05, 4.69) is 20.7 Å². The Hall–Kier alpha value is -2.47. The summed E-state index contributed by atoms with van der Waals surface area (Å²) in [7, 11) is 0. The number of hydrogen-bond acceptors (Lipinski definition) is 5. The van der Waals surface area contributed by atoms with Gasteiger partial charge in [0.15, 0.2) is 0 Å². The first-order valence-corrected chi connectivity index (χ1v) is 5.83. The number of hydrazine groups is 1. The molecule has 0 fully saturated rings. The first-order chi connectivity index (χ1) is 9.19. The zero-order valence-corrected chi connectivity index (χ0v) is 10.6. The fourth-order valence-corrected chi connectivity index (χ4v) is 1.60. The summed E-state index contributed by atoms with van der Waals surface area (Å²) in [6.45, 7) is 2.27. The molecular formula is C13H15N5O. The quantitative estimate of drug-likeness (QED) is 0.561. The van der Waals surface area contributed by atoms with E-state index in [1.807, 2.05) is 25.1 Å². The second-order valence-corrected chi connectivity index (χ2v) is 4.01. The number of aryl methyl sites for hydroxylation is 1. The Morgan fingerprint density at radius 2 is 2.00 bits per heavy atom. The number of anilines is 1. The number of pyridine rings is 2. The first-order valence-electron chi connectivity index (χ1n) is 5.83. The fourth-order valence-electron chi connectivity index (χ4n) is 1.60. The van der Waals surface area contributed by atoms with Gasteiger partial charge in [0.2, 0.25) is 0 Å². The lowest BCUT2D eigenvalue weighted by Crippen LogP contribution is -2.24. The number of carbonyl (C=O) groups excluding carboxylic acids is 1. The molecule has 2 heterocycles. The number of carbonyl (C=O) groups is 1. The molecule has 2 rings (SSSR count). The number of nitrogen functional groups attached to an aromatic ring is 1. The van der Waals surface area contributed by atoms with Gasteiger partial charge in [-0.2, -0.15) is 0 Å². The number of nitrogens with one attached hydrogen (secondary N) is 2. The number of aromatic nitrogens is 2. The van der Waals surface area contributed by atoms with Gasteiger partial charge in [-0.25, -0.2) is 10.8 Å². The molecule has 4 N–H and O–H groups in total. The van der Waals surface area contributed by atoms with Gasteiger partial charge >= 0.3 is 0 Å². The van der Waals surface area contributed by atoms with Gasteiger partial charge in [0.05, 0.1) is 12.2 Å². The first kappa shape index (κ1) is 13.0. The molecule has 0 unspecified atom stereocenters. The third-order valence-corrected chi connectivity index (χ3v) is 2.51. The lowest BCUT2D eigenvalue weighted by atomic mass is 10.3. The minimum absolute atomic E-state index is 0.264. The zero-order chi connectivity index (χ0) is 13.7. The summed E-state index contributed by atoms with van der Waals surface area (Å²) in [5.41, 5.74) is 4.43. The smallest absolute Gasteiger partial charge is 0.270 e. The van der Waals surface area contributed by atoms with E-state index in [0.29, 0.717) is 18.1 Å². The van der Waals surface area contributed by atoms with Gasteiger partial charge in [-0.15, -0.1) is 0 Å². The average molecular weight is 257 g/mol. The molecule has 2 aromatic heterocycles. The van der Waals surface area contributed by atoms with E-state index in [1.54, 1.807) is 18.2 Å². The minimum Gasteiger partial charge on any atom is -0.345 e. The standard InChI is InChI=1S/C13H15N5O/c1-9-4-2-5-10(16-9)8-15-13(19)11-6-3-7-12(17-11)18-14/h2-7H,8,14H2,1H3,(H,15,19)(H,17,18). The highest BCUT2D eigenvalue weighted by atomic mass is 16.1. The van der Waals surface area contributed by atoms with Crippen LogP contribution in [-0.2, 0) is 6.54 Å². The van der Waals surface area contributed by atoms with E-state index in [1.165, 1.54) is 0 Å². The molecule has 1 amide bonds. The molecule has 0 atom stereocenters. The van der Waals surface area contributed by atoms with Crippen LogP contribution in [0.25, 0.3) is 0 Å². The van der Waals surface area contributed by atoms with Crippen molar-refractivity contribution in [1.29, 1.82) is 0 Å². The predicted molar refractivity (Wildman–Crippen MR) is 72.2 cm³/mol. The van der Waals surface area contributed by atoms with Crippen LogP contribution >= 0.6 is 0 Å². The van der Waals surface area contributed by atoms with Gasteiger partial charge < -0.3 is 10.7 Å². The van der Waals surface area contributed by atoms with Crippen LogP contribution in [0.15, 0.2) is 36.4 Å². The molecule has 0 aromatic carbocycles. The highest BCUT2D eigenvalue weighted by Gasteiger charge is 2.07. The molecule has 6 nitrogen and oxygen atoms in total. The summed E-state index contributed by atoms with van der Waals surface area (Å²) in [5.74, 6) is 5.43. The van der Waals surface area contributed by atoms with Crippen LogP contribution in [0.3, 0.4) is 0 Å². The minimum atomic E-state index is -0.264. The van der Waals surface area contributed by atoms with Gasteiger partial charge in [-0.3, -0.25) is 9.78 Å². The Morgan fingerprint density at radius 1 is 1.21 bits per heavy atom. The maximum atomic E-state index is 11.9. The van der Waals surface area contributed by atoms with Gasteiger partial charge in [-0.05, 0) is 31.2 Å². The Labute approximate surface area is 111 Å². The Morgan fingerprint density at radius 3 is 2.74 bits per heavy atom. The third kappa shape index (κ3) is 3.49. The average Bonchev–Trinajstić information content (AvgIpc) is 2.45. The van der Waals surface area contributed by atoms with Crippen molar-refractivity contribution in [3.8, 4) is 0 Å². The van der Waals surface area contributed by atoms with Crippen molar-refractivity contribution in [2.45, 2.75) is 13.5 Å². The van der Waals surface area contributed by atoms with Crippen LogP contribution in [0.4, 0.5) is 5.82 Å². The van der Waals surface area contributed by atoms with E-state index in [0.717, 1.165) is 11.4 Å². The van der Waals surface area contributed by atoms with Crippen LogP contribution in [0.5, 0.6) is 0 Å². The predicted octanol–water partition coefficient (Wildman–Crippen LogP) is 1.00. The second kappa shape index (κ2) is 5.92. The van der Waals surface area contributed by atoms with Crippen molar-refractivity contribution in [2.24, 2.45) is 5.84 Å². The van der Waals surface area contributed by atoms with Gasteiger partial charge in [-0.1, -0.05) is 12.1 Å². The summed E-state index contributed by atoms with van der Waals surface area (Å²) < 4.78 is 0. The SMILES string of the molecule is Cc1cccc(CNC(=O)c2cccc(NN)n2)n1. The lowest BCUT2D eigenvalue weighted by Gasteiger charge is -2.06. The topological polar surface area (TPSA) is 92.9 Å². The lowest BCUT2D eigenvalue weighted by molar-refractivity contribution is 0.0945. The Balaban J connectivity index is 2.01. The van der Waals surface area contributed by atoms with Gasteiger partial charge in [0.25, 0.3) is 5.91 Å². The summed E-state index contributed by atoms with van der Waals surface area (Å²) in [6, 6.07) is 10.7. The number of rotatable bonds is 4.